The number of rotatable bonds is 6. The van der Waals surface area contributed by atoms with Crippen LogP contribution in [0.5, 0.6) is 0 Å². The van der Waals surface area contributed by atoms with Crippen LogP contribution in [0.15, 0.2) is 0 Å². The summed E-state index contributed by atoms with van der Waals surface area (Å²) in [5.74, 6) is -2.45. The Labute approximate surface area is 72.8 Å². The maximum absolute atomic E-state index is 10.4. The van der Waals surface area contributed by atoms with Gasteiger partial charge >= 0.3 is 11.9 Å². The van der Waals surface area contributed by atoms with Gasteiger partial charge in [-0.15, -0.1) is 0 Å². The van der Waals surface area contributed by atoms with E-state index in [4.69, 9.17) is 10.2 Å². The Bertz CT molecular complexity index is 155. The van der Waals surface area contributed by atoms with E-state index in [0.717, 1.165) is 12.8 Å². The molecule has 2 N–H and O–H groups in total. The third-order valence-corrected chi connectivity index (χ3v) is 2.92. The van der Waals surface area contributed by atoms with Crippen molar-refractivity contribution in [3.63, 3.8) is 0 Å². The van der Waals surface area contributed by atoms with Gasteiger partial charge in [-0.3, -0.25) is 9.59 Å². The molecule has 0 heterocycles. The lowest BCUT2D eigenvalue weighted by Gasteiger charge is -2.05. The molecule has 0 bridgehead atoms. The molecule has 0 rings (SSSR count). The van der Waals surface area contributed by atoms with Crippen molar-refractivity contribution in [3.05, 3.63) is 0 Å². The van der Waals surface area contributed by atoms with Crippen molar-refractivity contribution in [1.29, 1.82) is 0 Å². The first-order valence-electron chi connectivity index (χ1n) is 3.78. The van der Waals surface area contributed by atoms with Gasteiger partial charge in [-0.1, -0.05) is 21.9 Å². The molecule has 0 fully saturated rings. The second kappa shape index (κ2) is 5.95. The molecule has 0 aromatic carbocycles. The zero-order chi connectivity index (χ0) is 9.56. The number of hydrogen-bond acceptors (Lipinski definition) is 2. The molecule has 0 aromatic heterocycles. The summed E-state index contributed by atoms with van der Waals surface area (Å²) < 4.78 is 0. The highest BCUT2D eigenvalue weighted by molar-refractivity contribution is 7.41. The van der Waals surface area contributed by atoms with Crippen molar-refractivity contribution < 1.29 is 19.8 Å². The normalized spacial score (nSPS) is 11.2. The zero-order valence-electron chi connectivity index (χ0n) is 6.91. The van der Waals surface area contributed by atoms with Crippen LogP contribution in [0.4, 0.5) is 0 Å². The molecule has 1 atom stereocenters. The minimum atomic E-state index is -1.23. The average Bonchev–Trinajstić information content (AvgIpc) is 1.96. The fourth-order valence-corrected chi connectivity index (χ4v) is 1.90. The lowest BCUT2D eigenvalue weighted by Crippen LogP contribution is -2.25. The summed E-state index contributed by atoms with van der Waals surface area (Å²) in [6.07, 6.45) is 2.56. The van der Waals surface area contributed by atoms with E-state index in [9.17, 15) is 9.59 Å². The van der Waals surface area contributed by atoms with Gasteiger partial charge in [-0.25, -0.2) is 0 Å². The molecular weight excluding hydrogens is 179 g/mol. The summed E-state index contributed by atoms with van der Waals surface area (Å²) in [6.45, 7) is 1.99. The van der Waals surface area contributed by atoms with Crippen molar-refractivity contribution in [3.8, 4) is 0 Å². The van der Waals surface area contributed by atoms with E-state index >= 15 is 0 Å². The molecule has 0 spiro atoms. The molecule has 0 saturated carbocycles. The van der Waals surface area contributed by atoms with Crippen LogP contribution in [0.2, 0.25) is 0 Å². The smallest absolute Gasteiger partial charge is 0.322 e. The van der Waals surface area contributed by atoms with Gasteiger partial charge in [0.25, 0.3) is 0 Å². The van der Waals surface area contributed by atoms with Crippen LogP contribution in [-0.4, -0.2) is 34.0 Å². The minimum absolute atomic E-state index is 0.00824. The quantitative estimate of drug-likeness (QED) is 0.374. The molecule has 4 nitrogen and oxygen atoms in total. The molecule has 70 valence electrons. The predicted octanol–water partition coefficient (Wildman–Crippen LogP) is 1.00. The summed E-state index contributed by atoms with van der Waals surface area (Å²) in [5, 5.41) is 16.9. The minimum Gasteiger partial charge on any atom is -0.480 e. The van der Waals surface area contributed by atoms with Crippen molar-refractivity contribution >= 4 is 20.5 Å². The topological polar surface area (TPSA) is 74.6 Å². The van der Waals surface area contributed by atoms with Gasteiger partial charge in [-0.05, 0) is 12.6 Å². The Balaban J connectivity index is 3.80. The molecule has 0 radical (unpaired) electrons. The van der Waals surface area contributed by atoms with E-state index in [-0.39, 0.29) is 8.58 Å². The highest BCUT2D eigenvalue weighted by atomic mass is 31.1. The lowest BCUT2D eigenvalue weighted by molar-refractivity contribution is -0.146. The maximum Gasteiger partial charge on any atom is 0.322 e. The Hall–Kier alpha value is -0.630. The fraction of sp³-hybridized carbons (Fsp3) is 0.714. The number of hydrogen-bond donors (Lipinski definition) is 2. The highest BCUT2D eigenvalue weighted by Crippen LogP contribution is 2.21. The number of unbranched alkanes of at least 4 members (excludes halogenated alkanes) is 1. The van der Waals surface area contributed by atoms with E-state index in [1.165, 1.54) is 0 Å². The van der Waals surface area contributed by atoms with Crippen LogP contribution in [0.1, 0.15) is 19.8 Å². The fourth-order valence-electron chi connectivity index (χ4n) is 0.703. The number of carbonyl (C=O) groups is 2. The number of aliphatic carboxylic acids is 2. The molecular formula is C7H13O4P. The second-order valence-corrected chi connectivity index (χ2v) is 3.90. The Morgan fingerprint density at radius 1 is 1.33 bits per heavy atom. The van der Waals surface area contributed by atoms with Crippen LogP contribution in [0, 0.1) is 0 Å². The van der Waals surface area contributed by atoms with Gasteiger partial charge in [0, 0.05) is 0 Å². The van der Waals surface area contributed by atoms with Crippen molar-refractivity contribution in [2.75, 3.05) is 6.16 Å². The van der Waals surface area contributed by atoms with Crippen LogP contribution in [0.3, 0.4) is 0 Å². The SMILES string of the molecule is CCCCPC(C(=O)O)C(=O)O. The molecule has 5 heteroatoms. The molecule has 0 saturated heterocycles. The molecule has 0 aliphatic heterocycles. The van der Waals surface area contributed by atoms with Crippen LogP contribution in [-0.2, 0) is 9.59 Å². The first-order valence-corrected chi connectivity index (χ1v) is 5.07. The summed E-state index contributed by atoms with van der Waals surface area (Å²) >= 11 is 0. The zero-order valence-corrected chi connectivity index (χ0v) is 7.91. The van der Waals surface area contributed by atoms with Gasteiger partial charge in [0.1, 0.15) is 0 Å². The molecule has 0 aromatic rings. The first kappa shape index (κ1) is 11.4. The average molecular weight is 192 g/mol. The number of carboxylic acids is 2. The second-order valence-electron chi connectivity index (χ2n) is 2.42. The van der Waals surface area contributed by atoms with Gasteiger partial charge in [0.05, 0.1) is 0 Å². The standard InChI is InChI=1S/C7H13O4P/c1-2-3-4-12-5(6(8)9)7(10)11/h5,12H,2-4H2,1H3,(H,8,9)(H,10,11). The molecule has 1 unspecified atom stereocenters. The van der Waals surface area contributed by atoms with Crippen LogP contribution >= 0.6 is 8.58 Å². The van der Waals surface area contributed by atoms with Crippen LogP contribution in [0.25, 0.3) is 0 Å². The highest BCUT2D eigenvalue weighted by Gasteiger charge is 2.24. The monoisotopic (exact) mass is 192 g/mol. The van der Waals surface area contributed by atoms with Gasteiger partial charge in [0.2, 0.25) is 0 Å². The Morgan fingerprint density at radius 2 is 1.83 bits per heavy atom. The Kier molecular flexibility index (Phi) is 5.64. The van der Waals surface area contributed by atoms with E-state index in [2.05, 4.69) is 0 Å². The van der Waals surface area contributed by atoms with Gasteiger partial charge < -0.3 is 10.2 Å². The van der Waals surface area contributed by atoms with Gasteiger partial charge in [-0.2, -0.15) is 0 Å². The van der Waals surface area contributed by atoms with Crippen molar-refractivity contribution in [2.45, 2.75) is 25.4 Å². The van der Waals surface area contributed by atoms with E-state index in [1.807, 2.05) is 6.92 Å². The first-order chi connectivity index (χ1) is 5.59. The van der Waals surface area contributed by atoms with Crippen LogP contribution < -0.4 is 0 Å². The molecule has 0 aliphatic rings. The van der Waals surface area contributed by atoms with Gasteiger partial charge in [0.15, 0.2) is 5.66 Å². The van der Waals surface area contributed by atoms with E-state index < -0.39 is 17.6 Å². The van der Waals surface area contributed by atoms with Crippen molar-refractivity contribution in [2.24, 2.45) is 0 Å². The summed E-state index contributed by atoms with van der Waals surface area (Å²) in [5.41, 5.74) is -1.20. The molecule has 12 heavy (non-hydrogen) atoms. The molecule has 0 aliphatic carbocycles. The third-order valence-electron chi connectivity index (χ3n) is 1.37. The van der Waals surface area contributed by atoms with E-state index in [1.54, 1.807) is 0 Å². The predicted molar refractivity (Wildman–Crippen MR) is 47.1 cm³/mol. The van der Waals surface area contributed by atoms with E-state index in [0.29, 0.717) is 6.16 Å². The van der Waals surface area contributed by atoms with Crippen molar-refractivity contribution in [1.82, 2.24) is 0 Å². The molecule has 0 amide bonds. The summed E-state index contributed by atoms with van der Waals surface area (Å²) in [4.78, 5) is 20.7. The maximum atomic E-state index is 10.4. The third kappa shape index (κ3) is 4.29. The largest absolute Gasteiger partial charge is 0.480 e. The lowest BCUT2D eigenvalue weighted by atomic mass is 10.4. The summed E-state index contributed by atoms with van der Waals surface area (Å²) in [7, 11) is -0.00824. The number of carboxylic acid groups (broad SMARTS) is 2. The summed E-state index contributed by atoms with van der Waals surface area (Å²) in [6, 6.07) is 0. The Morgan fingerprint density at radius 3 is 2.17 bits per heavy atom.